The Balaban J connectivity index is 0.00000441. The van der Waals surface area contributed by atoms with E-state index in [1.807, 2.05) is 6.07 Å². The standard InChI is InChI=1S/C18H28O3.CH4/c1-3-4-5-6-7-8-9-16(19)12-10-15-11-13-17(20)18(14-15)21-2;/h11,13-14,20H,3-10,12H2,1-2H3;1H4. The Kier molecular flexibility index (Phi) is 11.2. The van der Waals surface area contributed by atoms with Crippen molar-refractivity contribution in [3.05, 3.63) is 23.8 Å². The van der Waals surface area contributed by atoms with Crippen LogP contribution in [0.5, 0.6) is 11.5 Å². The Morgan fingerprint density at radius 1 is 1.09 bits per heavy atom. The molecule has 0 aliphatic heterocycles. The fraction of sp³-hybridized carbons (Fsp3) is 0.632. The molecule has 1 aromatic rings. The third-order valence-corrected chi connectivity index (χ3v) is 3.75. The molecule has 0 atom stereocenters. The van der Waals surface area contributed by atoms with Crippen LogP contribution in [-0.4, -0.2) is 18.0 Å². The highest BCUT2D eigenvalue weighted by molar-refractivity contribution is 5.78. The third kappa shape index (κ3) is 8.06. The van der Waals surface area contributed by atoms with E-state index in [9.17, 15) is 9.90 Å². The summed E-state index contributed by atoms with van der Waals surface area (Å²) in [5, 5.41) is 9.53. The van der Waals surface area contributed by atoms with Crippen molar-refractivity contribution in [1.29, 1.82) is 0 Å². The van der Waals surface area contributed by atoms with E-state index in [2.05, 4.69) is 6.92 Å². The number of benzene rings is 1. The first kappa shape index (κ1) is 20.5. The van der Waals surface area contributed by atoms with Gasteiger partial charge in [-0.3, -0.25) is 4.79 Å². The van der Waals surface area contributed by atoms with Gasteiger partial charge in [0.1, 0.15) is 5.78 Å². The fourth-order valence-corrected chi connectivity index (χ4v) is 2.39. The number of hydrogen-bond donors (Lipinski definition) is 1. The number of aryl methyl sites for hydroxylation is 1. The molecule has 22 heavy (non-hydrogen) atoms. The molecule has 0 saturated carbocycles. The molecule has 0 amide bonds. The van der Waals surface area contributed by atoms with Crippen LogP contribution >= 0.6 is 0 Å². The summed E-state index contributed by atoms with van der Waals surface area (Å²) >= 11 is 0. The molecule has 1 N–H and O–H groups in total. The summed E-state index contributed by atoms with van der Waals surface area (Å²) in [6, 6.07) is 5.26. The van der Waals surface area contributed by atoms with Gasteiger partial charge in [-0.2, -0.15) is 0 Å². The van der Waals surface area contributed by atoms with E-state index in [1.165, 1.54) is 39.2 Å². The number of phenolic OH excluding ortho intramolecular Hbond substituents is 1. The molecule has 0 radical (unpaired) electrons. The van der Waals surface area contributed by atoms with Crippen LogP contribution in [0.2, 0.25) is 0 Å². The molecule has 0 heterocycles. The van der Waals surface area contributed by atoms with Gasteiger partial charge in [0.05, 0.1) is 7.11 Å². The summed E-state index contributed by atoms with van der Waals surface area (Å²) in [7, 11) is 1.53. The predicted octanol–water partition coefficient (Wildman–Crippen LogP) is 5.29. The molecule has 1 aromatic carbocycles. The van der Waals surface area contributed by atoms with Crippen LogP contribution in [-0.2, 0) is 11.2 Å². The Morgan fingerprint density at radius 2 is 1.77 bits per heavy atom. The largest absolute Gasteiger partial charge is 0.504 e. The highest BCUT2D eigenvalue weighted by Gasteiger charge is 2.06. The Hall–Kier alpha value is -1.51. The van der Waals surface area contributed by atoms with Gasteiger partial charge in [-0.25, -0.2) is 0 Å². The van der Waals surface area contributed by atoms with Gasteiger partial charge in [0.15, 0.2) is 11.5 Å². The minimum Gasteiger partial charge on any atom is -0.504 e. The molecule has 3 heteroatoms. The number of carbonyl (C=O) groups excluding carboxylic acids is 1. The van der Waals surface area contributed by atoms with Crippen molar-refractivity contribution in [2.75, 3.05) is 7.11 Å². The number of Topliss-reactive ketones (excluding diaryl/α,β-unsaturated/α-hetero) is 1. The molecule has 0 aliphatic carbocycles. The summed E-state index contributed by atoms with van der Waals surface area (Å²) in [6.07, 6.45) is 9.26. The third-order valence-electron chi connectivity index (χ3n) is 3.75. The second-order valence-electron chi connectivity index (χ2n) is 5.56. The van der Waals surface area contributed by atoms with Gasteiger partial charge < -0.3 is 9.84 Å². The first-order chi connectivity index (χ1) is 10.2. The van der Waals surface area contributed by atoms with Crippen LogP contribution < -0.4 is 4.74 Å². The summed E-state index contributed by atoms with van der Waals surface area (Å²) in [6.45, 7) is 2.21. The molecule has 0 unspecified atom stereocenters. The van der Waals surface area contributed by atoms with Crippen LogP contribution in [0.4, 0.5) is 0 Å². The molecule has 0 spiro atoms. The first-order valence-corrected chi connectivity index (χ1v) is 8.05. The number of phenols is 1. The summed E-state index contributed by atoms with van der Waals surface area (Å²) in [5.74, 6) is 0.938. The van der Waals surface area contributed by atoms with Crippen molar-refractivity contribution in [3.8, 4) is 11.5 Å². The lowest BCUT2D eigenvalue weighted by atomic mass is 10.0. The number of hydrogen-bond acceptors (Lipinski definition) is 3. The molecule has 0 bridgehead atoms. The van der Waals surface area contributed by atoms with Gasteiger partial charge in [-0.15, -0.1) is 0 Å². The van der Waals surface area contributed by atoms with Crippen LogP contribution in [0.1, 0.15) is 71.3 Å². The average molecular weight is 308 g/mol. The Labute approximate surface area is 135 Å². The monoisotopic (exact) mass is 308 g/mol. The van der Waals surface area contributed by atoms with Gasteiger partial charge in [0.25, 0.3) is 0 Å². The smallest absolute Gasteiger partial charge is 0.160 e. The summed E-state index contributed by atoms with van der Waals surface area (Å²) in [4.78, 5) is 11.8. The number of unbranched alkanes of at least 4 members (excludes halogenated alkanes) is 5. The van der Waals surface area contributed by atoms with Crippen LogP contribution in [0.25, 0.3) is 0 Å². The normalized spacial score (nSPS) is 10.1. The highest BCUT2D eigenvalue weighted by atomic mass is 16.5. The molecular formula is C19H32O3. The number of carbonyl (C=O) groups is 1. The molecule has 1 rings (SSSR count). The van der Waals surface area contributed by atoms with E-state index in [1.54, 1.807) is 12.1 Å². The minimum absolute atomic E-state index is 0. The predicted molar refractivity (Wildman–Crippen MR) is 92.7 cm³/mol. The van der Waals surface area contributed by atoms with Crippen molar-refractivity contribution < 1.29 is 14.6 Å². The number of rotatable bonds is 11. The van der Waals surface area contributed by atoms with E-state index >= 15 is 0 Å². The molecule has 0 saturated heterocycles. The van der Waals surface area contributed by atoms with Gasteiger partial charge in [-0.05, 0) is 30.5 Å². The maximum Gasteiger partial charge on any atom is 0.160 e. The minimum atomic E-state index is 0. The first-order valence-electron chi connectivity index (χ1n) is 8.05. The molecule has 0 fully saturated rings. The van der Waals surface area contributed by atoms with Crippen molar-refractivity contribution in [3.63, 3.8) is 0 Å². The number of ketones is 1. The number of aromatic hydroxyl groups is 1. The lowest BCUT2D eigenvalue weighted by Crippen LogP contribution is -2.00. The lowest BCUT2D eigenvalue weighted by Gasteiger charge is -2.06. The second kappa shape index (κ2) is 12.1. The van der Waals surface area contributed by atoms with Gasteiger partial charge in [0.2, 0.25) is 0 Å². The average Bonchev–Trinajstić information content (AvgIpc) is 2.50. The zero-order valence-electron chi connectivity index (χ0n) is 13.4. The van der Waals surface area contributed by atoms with Gasteiger partial charge >= 0.3 is 0 Å². The Morgan fingerprint density at radius 3 is 2.45 bits per heavy atom. The van der Waals surface area contributed by atoms with Crippen LogP contribution in [0.15, 0.2) is 18.2 Å². The lowest BCUT2D eigenvalue weighted by molar-refractivity contribution is -0.119. The maximum atomic E-state index is 11.8. The van der Waals surface area contributed by atoms with Crippen molar-refractivity contribution in [2.45, 2.75) is 72.1 Å². The topological polar surface area (TPSA) is 46.5 Å². The summed E-state index contributed by atoms with van der Waals surface area (Å²) in [5.41, 5.74) is 1.03. The Bertz CT molecular complexity index is 427. The molecule has 0 aliphatic rings. The van der Waals surface area contributed by atoms with Crippen LogP contribution in [0.3, 0.4) is 0 Å². The van der Waals surface area contributed by atoms with E-state index in [-0.39, 0.29) is 13.2 Å². The molecule has 126 valence electrons. The number of methoxy groups -OCH3 is 1. The fourth-order valence-electron chi connectivity index (χ4n) is 2.39. The quantitative estimate of drug-likeness (QED) is 0.565. The number of ether oxygens (including phenoxy) is 1. The van der Waals surface area contributed by atoms with Gasteiger partial charge in [-0.1, -0.05) is 52.5 Å². The van der Waals surface area contributed by atoms with E-state index < -0.39 is 0 Å². The second-order valence-corrected chi connectivity index (χ2v) is 5.56. The van der Waals surface area contributed by atoms with E-state index in [4.69, 9.17) is 4.74 Å². The van der Waals surface area contributed by atoms with Crippen LogP contribution in [0, 0.1) is 0 Å². The van der Waals surface area contributed by atoms with Gasteiger partial charge in [0, 0.05) is 12.8 Å². The van der Waals surface area contributed by atoms with E-state index in [0.717, 1.165) is 12.0 Å². The molecular weight excluding hydrogens is 276 g/mol. The summed E-state index contributed by atoms with van der Waals surface area (Å²) < 4.78 is 5.07. The SMILES string of the molecule is C.CCCCCCCCC(=O)CCc1ccc(O)c(OC)c1. The maximum absolute atomic E-state index is 11.8. The van der Waals surface area contributed by atoms with Crippen molar-refractivity contribution in [1.82, 2.24) is 0 Å². The highest BCUT2D eigenvalue weighted by Crippen LogP contribution is 2.26. The van der Waals surface area contributed by atoms with Crippen molar-refractivity contribution in [2.24, 2.45) is 0 Å². The zero-order chi connectivity index (χ0) is 15.5. The van der Waals surface area contributed by atoms with Crippen molar-refractivity contribution >= 4 is 5.78 Å². The zero-order valence-corrected chi connectivity index (χ0v) is 13.4. The molecule has 3 nitrogen and oxygen atoms in total. The van der Waals surface area contributed by atoms with E-state index in [0.29, 0.717) is 30.8 Å². The molecule has 0 aromatic heterocycles.